The van der Waals surface area contributed by atoms with Crippen molar-refractivity contribution in [2.75, 3.05) is 19.6 Å². The largest absolute Gasteiger partial charge is 0.346 e. The number of hydrogen-bond acceptors (Lipinski definition) is 8. The van der Waals surface area contributed by atoms with Gasteiger partial charge in [-0.2, -0.15) is 4.31 Å². The van der Waals surface area contributed by atoms with Gasteiger partial charge in [0.15, 0.2) is 0 Å². The number of hydrogen-bond donors (Lipinski definition) is 4. The van der Waals surface area contributed by atoms with Gasteiger partial charge in [0.2, 0.25) is 27.6 Å². The van der Waals surface area contributed by atoms with Crippen molar-refractivity contribution in [2.45, 2.75) is 129 Å². The quantitative estimate of drug-likeness (QED) is 0.164. The van der Waals surface area contributed by atoms with Crippen molar-refractivity contribution in [3.63, 3.8) is 0 Å². The fourth-order valence-corrected chi connectivity index (χ4v) is 11.6. The average Bonchev–Trinajstić information content (AvgIpc) is 3.54. The van der Waals surface area contributed by atoms with E-state index < -0.39 is 68.6 Å². The summed E-state index contributed by atoms with van der Waals surface area (Å²) < 4.78 is 28.0. The van der Waals surface area contributed by atoms with Crippen molar-refractivity contribution in [1.29, 1.82) is 0 Å². The van der Waals surface area contributed by atoms with Crippen LogP contribution < -0.4 is 21.3 Å². The van der Waals surface area contributed by atoms with Crippen LogP contribution in [0, 0.1) is 28.1 Å². The maximum atomic E-state index is 14.9. The van der Waals surface area contributed by atoms with Crippen LogP contribution in [-0.2, 0) is 35.7 Å². The van der Waals surface area contributed by atoms with Gasteiger partial charge >= 0.3 is 6.03 Å². The summed E-state index contributed by atoms with van der Waals surface area (Å²) in [7, 11) is -3.69. The molecule has 0 spiro atoms. The van der Waals surface area contributed by atoms with E-state index in [0.29, 0.717) is 30.7 Å². The molecule has 1 aromatic rings. The van der Waals surface area contributed by atoms with Gasteiger partial charge in [-0.25, -0.2) is 13.2 Å². The second kappa shape index (κ2) is 15.4. The molecule has 13 nitrogen and oxygen atoms in total. The third-order valence-corrected chi connectivity index (χ3v) is 15.1. The third kappa shape index (κ3) is 8.22. The summed E-state index contributed by atoms with van der Waals surface area (Å²) in [5.74, 6) is -2.48. The summed E-state index contributed by atoms with van der Waals surface area (Å²) in [6, 6.07) is -2.44. The van der Waals surface area contributed by atoms with Gasteiger partial charge in [-0.1, -0.05) is 80.2 Å². The molecule has 3 heterocycles. The van der Waals surface area contributed by atoms with E-state index in [9.17, 15) is 32.4 Å². The highest BCUT2D eigenvalue weighted by Gasteiger charge is 2.70. The van der Waals surface area contributed by atoms with Gasteiger partial charge in [-0.05, 0) is 58.8 Å². The van der Waals surface area contributed by atoms with Crippen molar-refractivity contribution in [2.24, 2.45) is 28.1 Å². The lowest BCUT2D eigenvalue weighted by molar-refractivity contribution is -0.146. The van der Waals surface area contributed by atoms with Crippen molar-refractivity contribution in [3.05, 3.63) is 29.0 Å². The van der Waals surface area contributed by atoms with E-state index in [2.05, 4.69) is 41.7 Å². The number of nitrogens with one attached hydrogen (secondary N) is 4. The smallest absolute Gasteiger partial charge is 0.315 e. The lowest BCUT2D eigenvalue weighted by Gasteiger charge is -2.43. The number of fused-ring (bicyclic) bond motifs is 2. The van der Waals surface area contributed by atoms with E-state index in [1.54, 1.807) is 16.3 Å². The molecule has 53 heavy (non-hydrogen) atoms. The van der Waals surface area contributed by atoms with E-state index in [1.165, 1.54) is 21.7 Å². The van der Waals surface area contributed by atoms with Gasteiger partial charge in [0.1, 0.15) is 12.1 Å². The molecule has 4 N–H and O–H groups in total. The standard InChI is InChI=1S/C38H58N6O7S2/c1-9-14-24(30(45)33(47)39-18-10-2)40-32(46)29-28-23(37(28,6)7)20-44(29)34(48)31(38(8)16-12-11-13-17-38)42-35(49)41-27(36(3,4)5)22-43-21-25-26(15-19-52-25)53(43,50)51/h10,15,19,23-24,27-29,31H,2,9,11-14,16-18,20-22H2,1,3-8H3,(H,39,47)(H,40,46)(H2,41,42,49). The molecule has 4 aliphatic rings. The number of piperidine rings is 1. The number of amides is 5. The summed E-state index contributed by atoms with van der Waals surface area (Å²) >= 11 is 1.39. The first-order valence-electron chi connectivity index (χ1n) is 18.9. The van der Waals surface area contributed by atoms with Crippen molar-refractivity contribution in [1.82, 2.24) is 30.5 Å². The molecule has 6 unspecified atom stereocenters. The highest BCUT2D eigenvalue weighted by molar-refractivity contribution is 7.89. The van der Waals surface area contributed by atoms with E-state index in [4.69, 9.17) is 0 Å². The Hall–Kier alpha value is -3.30. The lowest BCUT2D eigenvalue weighted by Crippen LogP contribution is -2.63. The number of nitrogens with zero attached hydrogens (tertiary/aromatic N) is 2. The van der Waals surface area contributed by atoms with Crippen molar-refractivity contribution < 1.29 is 32.4 Å². The molecule has 294 valence electrons. The first kappa shape index (κ1) is 40.9. The molecular formula is C38H58N6O7S2. The molecule has 1 saturated heterocycles. The number of carbonyl (C=O) groups excluding carboxylic acids is 5. The lowest BCUT2D eigenvalue weighted by atomic mass is 9.70. The molecule has 0 aromatic carbocycles. The molecule has 2 aliphatic heterocycles. The Labute approximate surface area is 318 Å². The maximum absolute atomic E-state index is 14.9. The Morgan fingerprint density at radius 2 is 1.74 bits per heavy atom. The van der Waals surface area contributed by atoms with Crippen LogP contribution in [0.4, 0.5) is 4.79 Å². The second-order valence-corrected chi connectivity index (χ2v) is 20.2. The summed E-state index contributed by atoms with van der Waals surface area (Å²) in [5, 5.41) is 13.2. The molecule has 3 fully saturated rings. The van der Waals surface area contributed by atoms with Gasteiger partial charge < -0.3 is 26.2 Å². The van der Waals surface area contributed by atoms with E-state index in [0.717, 1.165) is 24.1 Å². The zero-order valence-corrected chi connectivity index (χ0v) is 33.9. The normalized spacial score (nSPS) is 25.6. The minimum atomic E-state index is -3.69. The molecule has 1 aromatic heterocycles. The number of urea groups is 1. The molecule has 5 amide bonds. The van der Waals surface area contributed by atoms with Crippen LogP contribution in [-0.4, -0.2) is 91.0 Å². The summed E-state index contributed by atoms with van der Waals surface area (Å²) in [6.07, 6.45) is 6.48. The SMILES string of the molecule is C=CCNC(=O)C(=O)C(CCC)NC(=O)C1C2C(CN1C(=O)C(NC(=O)NC(CN1Cc3sccc3S1(=O)=O)C(C)(C)C)C1(C)CCCCC1)C2(C)C. The highest BCUT2D eigenvalue weighted by atomic mass is 32.2. The van der Waals surface area contributed by atoms with E-state index in [1.807, 2.05) is 34.6 Å². The zero-order valence-electron chi connectivity index (χ0n) is 32.3. The molecule has 6 atom stereocenters. The van der Waals surface area contributed by atoms with Gasteiger partial charge in [0.05, 0.1) is 10.9 Å². The number of thiophene rings is 1. The molecule has 0 bridgehead atoms. The predicted molar refractivity (Wildman–Crippen MR) is 203 cm³/mol. The Kier molecular flexibility index (Phi) is 11.9. The number of sulfonamides is 1. The zero-order chi connectivity index (χ0) is 39.1. The number of rotatable bonds is 14. The first-order valence-corrected chi connectivity index (χ1v) is 21.3. The summed E-state index contributed by atoms with van der Waals surface area (Å²) in [6.45, 7) is 18.1. The highest BCUT2D eigenvalue weighted by Crippen LogP contribution is 2.65. The number of carbonyl (C=O) groups is 5. The number of ketones is 1. The van der Waals surface area contributed by atoms with Crippen LogP contribution in [0.25, 0.3) is 0 Å². The molecule has 0 radical (unpaired) electrons. The Bertz CT molecular complexity index is 1710. The average molecular weight is 775 g/mol. The van der Waals surface area contributed by atoms with Crippen LogP contribution >= 0.6 is 11.3 Å². The van der Waals surface area contributed by atoms with Gasteiger partial charge in [-0.3, -0.25) is 19.2 Å². The van der Waals surface area contributed by atoms with Crippen LogP contribution in [0.5, 0.6) is 0 Å². The minimum Gasteiger partial charge on any atom is -0.346 e. The maximum Gasteiger partial charge on any atom is 0.315 e. The predicted octanol–water partition coefficient (Wildman–Crippen LogP) is 3.94. The topological polar surface area (TPSA) is 174 Å². The molecule has 15 heteroatoms. The third-order valence-electron chi connectivity index (χ3n) is 12.2. The van der Waals surface area contributed by atoms with Crippen LogP contribution in [0.1, 0.15) is 98.3 Å². The first-order chi connectivity index (χ1) is 24.8. The molecule has 2 saturated carbocycles. The van der Waals surface area contributed by atoms with E-state index in [-0.39, 0.29) is 49.2 Å². The summed E-state index contributed by atoms with van der Waals surface area (Å²) in [5.41, 5.74) is -1.33. The van der Waals surface area contributed by atoms with E-state index >= 15 is 0 Å². The Morgan fingerprint density at radius 1 is 1.06 bits per heavy atom. The number of Topliss-reactive ketones (excluding diaryl/α,β-unsaturated/α-hetero) is 1. The monoisotopic (exact) mass is 774 g/mol. The minimum absolute atomic E-state index is 0.0583. The summed E-state index contributed by atoms with van der Waals surface area (Å²) in [4.78, 5) is 71.4. The number of likely N-dealkylation sites (tertiary alicyclic amines) is 1. The fourth-order valence-electron chi connectivity index (χ4n) is 8.68. The van der Waals surface area contributed by atoms with Gasteiger partial charge in [0, 0.05) is 37.1 Å². The van der Waals surface area contributed by atoms with Crippen LogP contribution in [0.15, 0.2) is 29.0 Å². The molecule has 5 rings (SSSR count). The molecular weight excluding hydrogens is 717 g/mol. The fraction of sp³-hybridized carbons (Fsp3) is 0.711. The Balaban J connectivity index is 1.37. The van der Waals surface area contributed by atoms with Crippen molar-refractivity contribution >= 4 is 50.9 Å². The second-order valence-electron chi connectivity index (χ2n) is 17.3. The van der Waals surface area contributed by atoms with Crippen LogP contribution in [0.2, 0.25) is 0 Å². The van der Waals surface area contributed by atoms with Crippen molar-refractivity contribution in [3.8, 4) is 0 Å². The van der Waals surface area contributed by atoms with Crippen LogP contribution in [0.3, 0.4) is 0 Å². The van der Waals surface area contributed by atoms with Gasteiger partial charge in [-0.15, -0.1) is 17.9 Å². The Morgan fingerprint density at radius 3 is 2.34 bits per heavy atom. The van der Waals surface area contributed by atoms with Gasteiger partial charge in [0.25, 0.3) is 5.91 Å². The molecule has 2 aliphatic carbocycles.